The zero-order chi connectivity index (χ0) is 13.9. The van der Waals surface area contributed by atoms with Gasteiger partial charge in [0.25, 0.3) is 5.56 Å². The van der Waals surface area contributed by atoms with Crippen molar-refractivity contribution in [2.24, 2.45) is 0 Å². The number of aromatic nitrogens is 2. The fourth-order valence-corrected chi connectivity index (χ4v) is 2.65. The third-order valence-electron chi connectivity index (χ3n) is 2.85. The first-order valence-electron chi connectivity index (χ1n) is 6.09. The second kappa shape index (κ2) is 5.46. The standard InChI is InChI=1S/C15H11FN2OS/c16-10-5-7-11(8-6-10)20-9-14-17-13-4-2-1-3-12(13)15(19)18-14/h1-8H,9H2,(H,17,18,19). The van der Waals surface area contributed by atoms with Crippen molar-refractivity contribution in [2.75, 3.05) is 0 Å². The van der Waals surface area contributed by atoms with E-state index in [-0.39, 0.29) is 11.4 Å². The summed E-state index contributed by atoms with van der Waals surface area (Å²) in [5.74, 6) is 0.890. The van der Waals surface area contributed by atoms with Gasteiger partial charge in [0, 0.05) is 4.90 Å². The van der Waals surface area contributed by atoms with Crippen LogP contribution in [0.4, 0.5) is 4.39 Å². The largest absolute Gasteiger partial charge is 0.309 e. The van der Waals surface area contributed by atoms with E-state index in [4.69, 9.17) is 0 Å². The van der Waals surface area contributed by atoms with Gasteiger partial charge >= 0.3 is 0 Å². The number of aromatic amines is 1. The van der Waals surface area contributed by atoms with Crippen molar-refractivity contribution in [3.05, 3.63) is 70.5 Å². The van der Waals surface area contributed by atoms with Crippen LogP contribution in [0.1, 0.15) is 5.82 Å². The quantitative estimate of drug-likeness (QED) is 0.751. The number of halogens is 1. The summed E-state index contributed by atoms with van der Waals surface area (Å²) in [6.07, 6.45) is 0. The lowest BCUT2D eigenvalue weighted by molar-refractivity contribution is 0.626. The molecule has 2 aromatic carbocycles. The third-order valence-corrected chi connectivity index (χ3v) is 3.87. The van der Waals surface area contributed by atoms with E-state index in [1.54, 1.807) is 18.2 Å². The molecule has 1 aromatic heterocycles. The van der Waals surface area contributed by atoms with E-state index >= 15 is 0 Å². The van der Waals surface area contributed by atoms with Crippen LogP contribution < -0.4 is 5.56 Å². The summed E-state index contributed by atoms with van der Waals surface area (Å²) < 4.78 is 12.8. The molecule has 0 atom stereocenters. The van der Waals surface area contributed by atoms with Crippen LogP contribution in [0.2, 0.25) is 0 Å². The smallest absolute Gasteiger partial charge is 0.258 e. The number of benzene rings is 2. The maximum absolute atomic E-state index is 12.8. The Balaban J connectivity index is 1.84. The summed E-state index contributed by atoms with van der Waals surface area (Å²) in [6, 6.07) is 13.5. The van der Waals surface area contributed by atoms with E-state index < -0.39 is 0 Å². The number of fused-ring (bicyclic) bond motifs is 1. The zero-order valence-corrected chi connectivity index (χ0v) is 11.3. The molecule has 0 amide bonds. The second-order valence-corrected chi connectivity index (χ2v) is 5.32. The van der Waals surface area contributed by atoms with Gasteiger partial charge in [-0.3, -0.25) is 4.79 Å². The Morgan fingerprint density at radius 2 is 1.85 bits per heavy atom. The monoisotopic (exact) mass is 286 g/mol. The normalized spacial score (nSPS) is 10.8. The second-order valence-electron chi connectivity index (χ2n) is 4.27. The van der Waals surface area contributed by atoms with Crippen molar-refractivity contribution in [3.63, 3.8) is 0 Å². The molecule has 5 heteroatoms. The number of nitrogens with zero attached hydrogens (tertiary/aromatic N) is 1. The average molecular weight is 286 g/mol. The molecule has 3 nitrogen and oxygen atoms in total. The van der Waals surface area contributed by atoms with Gasteiger partial charge in [-0.2, -0.15) is 0 Å². The first kappa shape index (κ1) is 12.9. The molecule has 0 unspecified atom stereocenters. The van der Waals surface area contributed by atoms with Crippen LogP contribution in [0.5, 0.6) is 0 Å². The van der Waals surface area contributed by atoms with E-state index in [0.29, 0.717) is 22.5 Å². The van der Waals surface area contributed by atoms with Crippen molar-refractivity contribution in [1.82, 2.24) is 9.97 Å². The van der Waals surface area contributed by atoms with Crippen molar-refractivity contribution in [3.8, 4) is 0 Å². The average Bonchev–Trinajstić information content (AvgIpc) is 2.47. The summed E-state index contributed by atoms with van der Waals surface area (Å²) in [7, 11) is 0. The molecular weight excluding hydrogens is 275 g/mol. The number of thioether (sulfide) groups is 1. The maximum atomic E-state index is 12.8. The zero-order valence-electron chi connectivity index (χ0n) is 10.5. The highest BCUT2D eigenvalue weighted by atomic mass is 32.2. The van der Waals surface area contributed by atoms with Gasteiger partial charge in [-0.15, -0.1) is 11.8 Å². The lowest BCUT2D eigenvalue weighted by atomic mass is 10.2. The molecule has 0 spiro atoms. The minimum absolute atomic E-state index is 0.134. The predicted octanol–water partition coefficient (Wildman–Crippen LogP) is 3.35. The van der Waals surface area contributed by atoms with Crippen molar-refractivity contribution < 1.29 is 4.39 Å². The molecule has 0 bridgehead atoms. The Labute approximate surface area is 118 Å². The van der Waals surface area contributed by atoms with Crippen LogP contribution in [0.25, 0.3) is 10.9 Å². The molecule has 0 aliphatic carbocycles. The van der Waals surface area contributed by atoms with Crippen LogP contribution in [-0.2, 0) is 5.75 Å². The van der Waals surface area contributed by atoms with Gasteiger partial charge in [0.05, 0.1) is 16.7 Å². The SMILES string of the molecule is O=c1[nH]c(CSc2ccc(F)cc2)nc2ccccc12. The van der Waals surface area contributed by atoms with Gasteiger partial charge in [-0.1, -0.05) is 12.1 Å². The molecule has 0 saturated heterocycles. The Kier molecular flexibility index (Phi) is 3.52. The van der Waals surface area contributed by atoms with Gasteiger partial charge in [-0.25, -0.2) is 9.37 Å². The van der Waals surface area contributed by atoms with Crippen LogP contribution in [-0.4, -0.2) is 9.97 Å². The molecular formula is C15H11FN2OS. The molecule has 3 aromatic rings. The lowest BCUT2D eigenvalue weighted by Gasteiger charge is -2.03. The minimum Gasteiger partial charge on any atom is -0.309 e. The summed E-state index contributed by atoms with van der Waals surface area (Å²) in [6.45, 7) is 0. The number of H-pyrrole nitrogens is 1. The molecule has 1 N–H and O–H groups in total. The van der Waals surface area contributed by atoms with E-state index in [9.17, 15) is 9.18 Å². The van der Waals surface area contributed by atoms with E-state index in [0.717, 1.165) is 4.90 Å². The minimum atomic E-state index is -0.258. The molecule has 0 aliphatic heterocycles. The van der Waals surface area contributed by atoms with Crippen molar-refractivity contribution >= 4 is 22.7 Å². The molecule has 100 valence electrons. The predicted molar refractivity (Wildman–Crippen MR) is 78.3 cm³/mol. The number of hydrogen-bond donors (Lipinski definition) is 1. The summed E-state index contributed by atoms with van der Waals surface area (Å²) >= 11 is 1.50. The highest BCUT2D eigenvalue weighted by Gasteiger charge is 2.04. The first-order chi connectivity index (χ1) is 9.72. The molecule has 0 aliphatic rings. The fourth-order valence-electron chi connectivity index (χ4n) is 1.89. The molecule has 0 radical (unpaired) electrons. The number of nitrogens with one attached hydrogen (secondary N) is 1. The number of hydrogen-bond acceptors (Lipinski definition) is 3. The summed E-state index contributed by atoms with van der Waals surface area (Å²) in [5.41, 5.74) is 0.552. The highest BCUT2D eigenvalue weighted by Crippen LogP contribution is 2.21. The molecule has 20 heavy (non-hydrogen) atoms. The molecule has 3 rings (SSSR count). The number of para-hydroxylation sites is 1. The van der Waals surface area contributed by atoms with Crippen molar-refractivity contribution in [2.45, 2.75) is 10.6 Å². The van der Waals surface area contributed by atoms with E-state index in [1.807, 2.05) is 18.2 Å². The lowest BCUT2D eigenvalue weighted by Crippen LogP contribution is -2.11. The highest BCUT2D eigenvalue weighted by molar-refractivity contribution is 7.98. The summed E-state index contributed by atoms with van der Waals surface area (Å²) in [4.78, 5) is 20.0. The molecule has 0 saturated carbocycles. The van der Waals surface area contributed by atoms with Crippen LogP contribution in [0.3, 0.4) is 0 Å². The fraction of sp³-hybridized carbons (Fsp3) is 0.0667. The number of rotatable bonds is 3. The first-order valence-corrected chi connectivity index (χ1v) is 7.07. The topological polar surface area (TPSA) is 45.8 Å². The summed E-state index contributed by atoms with van der Waals surface area (Å²) in [5, 5.41) is 0.586. The molecule has 0 fully saturated rings. The Morgan fingerprint density at radius 3 is 2.65 bits per heavy atom. The Hall–Kier alpha value is -2.14. The Bertz CT molecular complexity index is 799. The Morgan fingerprint density at radius 1 is 1.10 bits per heavy atom. The van der Waals surface area contributed by atoms with Gasteiger partial charge in [0.15, 0.2) is 0 Å². The maximum Gasteiger partial charge on any atom is 0.258 e. The van der Waals surface area contributed by atoms with Crippen LogP contribution >= 0.6 is 11.8 Å². The van der Waals surface area contributed by atoms with Crippen molar-refractivity contribution in [1.29, 1.82) is 0 Å². The van der Waals surface area contributed by atoms with Gasteiger partial charge in [-0.05, 0) is 36.4 Å². The van der Waals surface area contributed by atoms with Crippen LogP contribution in [0, 0.1) is 5.82 Å². The van der Waals surface area contributed by atoms with E-state index in [2.05, 4.69) is 9.97 Å². The van der Waals surface area contributed by atoms with Gasteiger partial charge < -0.3 is 4.98 Å². The third kappa shape index (κ3) is 2.72. The van der Waals surface area contributed by atoms with E-state index in [1.165, 1.54) is 23.9 Å². The van der Waals surface area contributed by atoms with Gasteiger partial charge in [0.2, 0.25) is 0 Å². The van der Waals surface area contributed by atoms with Crippen LogP contribution in [0.15, 0.2) is 58.2 Å². The molecule has 1 heterocycles. The van der Waals surface area contributed by atoms with Gasteiger partial charge in [0.1, 0.15) is 11.6 Å².